The van der Waals surface area contributed by atoms with Gasteiger partial charge in [-0.3, -0.25) is 9.10 Å². The van der Waals surface area contributed by atoms with Crippen LogP contribution >= 0.6 is 11.6 Å². The molecule has 3 rings (SSSR count). The van der Waals surface area contributed by atoms with Crippen LogP contribution in [-0.4, -0.2) is 26.4 Å². The van der Waals surface area contributed by atoms with Crippen LogP contribution in [0.2, 0.25) is 5.02 Å². The molecule has 0 spiro atoms. The predicted molar refractivity (Wildman–Crippen MR) is 110 cm³/mol. The van der Waals surface area contributed by atoms with Crippen molar-refractivity contribution >= 4 is 39.0 Å². The summed E-state index contributed by atoms with van der Waals surface area (Å²) in [6.45, 7) is 1.81. The highest BCUT2D eigenvalue weighted by atomic mass is 35.5. The van der Waals surface area contributed by atoms with E-state index in [4.69, 9.17) is 11.6 Å². The maximum atomic E-state index is 13.0. The summed E-state index contributed by atoms with van der Waals surface area (Å²) in [4.78, 5) is 16.7. The van der Waals surface area contributed by atoms with Crippen LogP contribution in [-0.2, 0) is 10.0 Å². The molecule has 0 saturated heterocycles. The van der Waals surface area contributed by atoms with Gasteiger partial charge < -0.3 is 5.32 Å². The number of benzene rings is 2. The van der Waals surface area contributed by atoms with Crippen LogP contribution in [0.4, 0.5) is 11.5 Å². The number of anilines is 2. The zero-order valence-corrected chi connectivity index (χ0v) is 16.8. The number of pyridine rings is 1. The number of sulfonamides is 1. The van der Waals surface area contributed by atoms with Crippen LogP contribution in [0, 0.1) is 6.92 Å². The smallest absolute Gasteiger partial charge is 0.264 e. The summed E-state index contributed by atoms with van der Waals surface area (Å²) in [6, 6.07) is 17.6. The highest BCUT2D eigenvalue weighted by Gasteiger charge is 2.22. The van der Waals surface area contributed by atoms with Gasteiger partial charge in [0.15, 0.2) is 0 Å². The zero-order valence-electron chi connectivity index (χ0n) is 15.3. The fourth-order valence-corrected chi connectivity index (χ4v) is 3.99. The van der Waals surface area contributed by atoms with E-state index in [1.165, 1.54) is 25.2 Å². The van der Waals surface area contributed by atoms with Gasteiger partial charge in [0.1, 0.15) is 5.82 Å². The molecule has 28 heavy (non-hydrogen) atoms. The minimum absolute atomic E-state index is 0.000160. The molecule has 144 valence electrons. The first-order valence-corrected chi connectivity index (χ1v) is 10.2. The van der Waals surface area contributed by atoms with E-state index in [9.17, 15) is 13.2 Å². The van der Waals surface area contributed by atoms with Crippen molar-refractivity contribution in [3.8, 4) is 0 Å². The molecular formula is C20H18ClN3O3S. The fraction of sp³-hybridized carbons (Fsp3) is 0.100. The highest BCUT2D eigenvalue weighted by Crippen LogP contribution is 2.25. The van der Waals surface area contributed by atoms with E-state index >= 15 is 0 Å². The molecule has 0 fully saturated rings. The SMILES string of the molecule is Cc1cccc(NC(=O)c2cccc(S(=O)(=O)N(C)c3cccc(Cl)c3)c2)n1. The normalized spacial score (nSPS) is 11.1. The van der Waals surface area contributed by atoms with Gasteiger partial charge in [-0.2, -0.15) is 0 Å². The first kappa shape index (κ1) is 19.9. The van der Waals surface area contributed by atoms with Crippen molar-refractivity contribution in [3.05, 3.63) is 83.0 Å². The van der Waals surface area contributed by atoms with Gasteiger partial charge in [-0.1, -0.05) is 29.8 Å². The van der Waals surface area contributed by atoms with Gasteiger partial charge in [0.25, 0.3) is 15.9 Å². The third-order valence-electron chi connectivity index (χ3n) is 4.06. The van der Waals surface area contributed by atoms with Crippen molar-refractivity contribution in [1.82, 2.24) is 4.98 Å². The minimum atomic E-state index is -3.87. The van der Waals surface area contributed by atoms with Gasteiger partial charge in [-0.05, 0) is 55.5 Å². The van der Waals surface area contributed by atoms with Gasteiger partial charge in [-0.25, -0.2) is 13.4 Å². The molecule has 0 aliphatic carbocycles. The van der Waals surface area contributed by atoms with Crippen LogP contribution in [0.1, 0.15) is 16.1 Å². The first-order chi connectivity index (χ1) is 13.3. The Morgan fingerprint density at radius 3 is 2.46 bits per heavy atom. The Kier molecular flexibility index (Phi) is 5.67. The van der Waals surface area contributed by atoms with Crippen LogP contribution in [0.3, 0.4) is 0 Å². The number of nitrogens with one attached hydrogen (secondary N) is 1. The lowest BCUT2D eigenvalue weighted by Crippen LogP contribution is -2.27. The molecule has 1 aromatic heterocycles. The van der Waals surface area contributed by atoms with E-state index in [1.54, 1.807) is 42.5 Å². The van der Waals surface area contributed by atoms with E-state index in [-0.39, 0.29) is 10.5 Å². The number of carbonyl (C=O) groups is 1. The monoisotopic (exact) mass is 415 g/mol. The molecule has 6 nitrogen and oxygen atoms in total. The molecule has 1 amide bonds. The minimum Gasteiger partial charge on any atom is -0.307 e. The summed E-state index contributed by atoms with van der Waals surface area (Å²) >= 11 is 5.96. The Morgan fingerprint density at radius 2 is 1.75 bits per heavy atom. The molecule has 0 aliphatic heterocycles. The molecule has 0 unspecified atom stereocenters. The van der Waals surface area contributed by atoms with Gasteiger partial charge >= 0.3 is 0 Å². The molecule has 1 heterocycles. The van der Waals surface area contributed by atoms with Gasteiger partial charge in [-0.15, -0.1) is 0 Å². The first-order valence-electron chi connectivity index (χ1n) is 8.37. The Morgan fingerprint density at radius 1 is 1.04 bits per heavy atom. The Balaban J connectivity index is 1.88. The lowest BCUT2D eigenvalue weighted by molar-refractivity contribution is 0.102. The number of rotatable bonds is 5. The van der Waals surface area contributed by atoms with E-state index in [1.807, 2.05) is 13.0 Å². The number of aryl methyl sites for hydroxylation is 1. The number of carbonyl (C=O) groups excluding carboxylic acids is 1. The number of hydrogen-bond acceptors (Lipinski definition) is 4. The number of hydrogen-bond donors (Lipinski definition) is 1. The van der Waals surface area contributed by atoms with Crippen LogP contribution < -0.4 is 9.62 Å². The van der Waals surface area contributed by atoms with E-state index in [2.05, 4.69) is 10.3 Å². The predicted octanol–water partition coefficient (Wildman–Crippen LogP) is 4.12. The lowest BCUT2D eigenvalue weighted by Gasteiger charge is -2.20. The van der Waals surface area contributed by atoms with Crippen molar-refractivity contribution in [2.75, 3.05) is 16.7 Å². The van der Waals surface area contributed by atoms with Crippen molar-refractivity contribution in [3.63, 3.8) is 0 Å². The van der Waals surface area contributed by atoms with Crippen molar-refractivity contribution < 1.29 is 13.2 Å². The molecule has 0 bridgehead atoms. The van der Waals surface area contributed by atoms with Crippen LogP contribution in [0.25, 0.3) is 0 Å². The average Bonchev–Trinajstić information content (AvgIpc) is 2.67. The Bertz CT molecular complexity index is 1130. The molecule has 0 aliphatic rings. The number of halogens is 1. The van der Waals surface area contributed by atoms with Crippen molar-refractivity contribution in [1.29, 1.82) is 0 Å². The second kappa shape index (κ2) is 8.00. The molecule has 3 aromatic rings. The summed E-state index contributed by atoms with van der Waals surface area (Å²) < 4.78 is 27.0. The summed E-state index contributed by atoms with van der Waals surface area (Å²) in [5, 5.41) is 3.10. The van der Waals surface area contributed by atoms with E-state index < -0.39 is 15.9 Å². The van der Waals surface area contributed by atoms with E-state index in [0.717, 1.165) is 10.00 Å². The molecule has 0 radical (unpaired) electrons. The lowest BCUT2D eigenvalue weighted by atomic mass is 10.2. The fourth-order valence-electron chi connectivity index (χ4n) is 2.57. The second-order valence-corrected chi connectivity index (χ2v) is 8.50. The summed E-state index contributed by atoms with van der Waals surface area (Å²) in [5.74, 6) is -0.0464. The largest absolute Gasteiger partial charge is 0.307 e. The van der Waals surface area contributed by atoms with Crippen LogP contribution in [0.15, 0.2) is 71.6 Å². The third-order valence-corrected chi connectivity index (χ3v) is 6.07. The second-order valence-electron chi connectivity index (χ2n) is 6.10. The maximum absolute atomic E-state index is 13.0. The molecule has 1 N–H and O–H groups in total. The number of aromatic nitrogens is 1. The molecule has 2 aromatic carbocycles. The zero-order chi connectivity index (χ0) is 20.3. The topological polar surface area (TPSA) is 79.4 Å². The summed E-state index contributed by atoms with van der Waals surface area (Å²) in [6.07, 6.45) is 0. The van der Waals surface area contributed by atoms with Gasteiger partial charge in [0.2, 0.25) is 0 Å². The molecular weight excluding hydrogens is 398 g/mol. The number of amides is 1. The van der Waals surface area contributed by atoms with E-state index in [0.29, 0.717) is 16.5 Å². The summed E-state index contributed by atoms with van der Waals surface area (Å²) in [7, 11) is -2.43. The van der Waals surface area contributed by atoms with Crippen LogP contribution in [0.5, 0.6) is 0 Å². The highest BCUT2D eigenvalue weighted by molar-refractivity contribution is 7.92. The van der Waals surface area contributed by atoms with Gasteiger partial charge in [0.05, 0.1) is 10.6 Å². The number of nitrogens with zero attached hydrogens (tertiary/aromatic N) is 2. The maximum Gasteiger partial charge on any atom is 0.264 e. The Labute approximate surface area is 168 Å². The molecule has 0 atom stereocenters. The van der Waals surface area contributed by atoms with Crippen molar-refractivity contribution in [2.45, 2.75) is 11.8 Å². The molecule has 0 saturated carbocycles. The van der Waals surface area contributed by atoms with Crippen molar-refractivity contribution in [2.24, 2.45) is 0 Å². The average molecular weight is 416 g/mol. The van der Waals surface area contributed by atoms with Gasteiger partial charge in [0, 0.05) is 23.3 Å². The quantitative estimate of drug-likeness (QED) is 0.679. The molecule has 8 heteroatoms. The third kappa shape index (κ3) is 4.32. The standard InChI is InChI=1S/C20H18ClN3O3S/c1-14-6-3-11-19(22-14)23-20(25)15-7-4-10-18(12-15)28(26,27)24(2)17-9-5-8-16(21)13-17/h3-13H,1-2H3,(H,22,23,25). The Hall–Kier alpha value is -2.90. The summed E-state index contributed by atoms with van der Waals surface area (Å²) in [5.41, 5.74) is 1.40.